The van der Waals surface area contributed by atoms with Crippen LogP contribution in [0.2, 0.25) is 0 Å². The summed E-state index contributed by atoms with van der Waals surface area (Å²) >= 11 is 0. The van der Waals surface area contributed by atoms with E-state index < -0.39 is 233 Å². The molecule has 0 radical (unpaired) electrons. The van der Waals surface area contributed by atoms with E-state index in [-0.39, 0.29) is 25.0 Å². The number of fused-ring (bicyclic) bond motifs is 2. The average molecular weight is 1790 g/mol. The minimum Gasteiger partial charge on any atom is -0.462 e. The molecule has 15 amide bonds. The molecule has 0 spiro atoms. The third-order valence-corrected chi connectivity index (χ3v) is 20.7. The fraction of sp³-hybridized carbons (Fsp3) is 0.622. The number of aliphatic hydroxyl groups excluding tert-OH is 5. The van der Waals surface area contributed by atoms with Crippen LogP contribution in [-0.4, -0.2) is 341 Å². The van der Waals surface area contributed by atoms with Crippen LogP contribution in [0.1, 0.15) is 63.5 Å². The predicted octanol–water partition coefficient (Wildman–Crippen LogP) is -8.78. The number of benzene rings is 2. The van der Waals surface area contributed by atoms with Gasteiger partial charge in [0.2, 0.25) is 24.4 Å². The lowest BCUT2D eigenvalue weighted by molar-refractivity contribution is -0.268. The van der Waals surface area contributed by atoms with Crippen LogP contribution in [0.4, 0.5) is 38.4 Å². The number of unbranched alkanes of at least 4 members (excludes halogenated alkanes) is 2. The Kier molecular flexibility index (Phi) is 37.4. The first kappa shape index (κ1) is 98.5. The summed E-state index contributed by atoms with van der Waals surface area (Å²) in [6.07, 6.45) is -15.7. The number of primary amides is 4. The summed E-state index contributed by atoms with van der Waals surface area (Å²) in [4.78, 5) is 132. The zero-order valence-electron chi connectivity index (χ0n) is 68.9. The molecule has 2 aromatic carbocycles. The van der Waals surface area contributed by atoms with Crippen LogP contribution in [0.15, 0.2) is 70.7 Å². The van der Waals surface area contributed by atoms with E-state index in [4.69, 9.17) is 119 Å². The van der Waals surface area contributed by atoms with Crippen LogP contribution >= 0.6 is 0 Å². The first-order valence-corrected chi connectivity index (χ1v) is 40.6. The molecule has 10 rings (SSSR count). The molecular formula is C74H116N24O28. The highest BCUT2D eigenvalue weighted by molar-refractivity contribution is 5.95. The number of alkyl carbamates (subject to hydrolysis) is 3. The molecule has 126 heavy (non-hydrogen) atoms. The van der Waals surface area contributed by atoms with E-state index in [1.165, 1.54) is 26.0 Å². The van der Waals surface area contributed by atoms with Gasteiger partial charge in [0.25, 0.3) is 0 Å². The monoisotopic (exact) mass is 1790 g/mol. The number of carbonyl (C=O) groups excluding carboxylic acids is 10. The van der Waals surface area contributed by atoms with Crippen molar-refractivity contribution in [1.82, 2.24) is 63.4 Å². The average Bonchev–Trinajstić information content (AvgIpc) is 1.59. The normalized spacial score (nSPS) is 31.5. The van der Waals surface area contributed by atoms with E-state index >= 15 is 0 Å². The van der Waals surface area contributed by atoms with Crippen LogP contribution in [0, 0.1) is 0 Å². The molecule has 26 atom stereocenters. The maximum absolute atomic E-state index is 13.3. The number of hydrogen-bond donors (Lipinski definition) is 26. The molecule has 36 N–H and O–H groups in total. The number of rotatable bonds is 37. The summed E-state index contributed by atoms with van der Waals surface area (Å²) in [5.74, 6) is -0.760. The number of guanidine groups is 2. The lowest BCUT2D eigenvalue weighted by Gasteiger charge is -2.44. The second kappa shape index (κ2) is 47.8. The topological polar surface area (TPSA) is 812 Å². The molecule has 8 aliphatic rings. The zero-order valence-corrected chi connectivity index (χ0v) is 68.9. The number of nitrogens with two attached hydrogens (primary N) is 10. The molecule has 0 aliphatic carbocycles. The molecule has 0 saturated carbocycles. The fourth-order valence-electron chi connectivity index (χ4n) is 14.6. The summed E-state index contributed by atoms with van der Waals surface area (Å²) in [7, 11) is 0. The molecule has 8 saturated heterocycles. The van der Waals surface area contributed by atoms with Crippen molar-refractivity contribution in [3.63, 3.8) is 0 Å². The molecule has 0 unspecified atom stereocenters. The number of aliphatic hydroxyl groups is 5. The molecule has 0 aromatic heterocycles. The van der Waals surface area contributed by atoms with Crippen LogP contribution in [0.5, 0.6) is 11.5 Å². The SMILES string of the molecule is C[C@H]1O[C@H](Oc2ccc(/C=C/C(=O)NCCCNCCCCN)cc2)[C@H](N=C(N)N)[C@@H](O)[C@@H]1OC(=O)N[C@H]1OC[C@@H](O[C@@H]2OC[C@@H](O)[C@@H]3NC(=O)N(C(N)=O)[C@@H]23)[C@H](O)[C@H]1NC(N)=O.C[C@H]1O[C@H](Oc2ccc(/C=C/C(=O)NCCCNCCCCN)cc2)[C@H](N=C(N)N)[C@@H](O)[C@@H]1OC(=O)N[C@H]1OC[C@@H](O[C@@H]2OC[C@H]3OC(=O)N[C@@H]3[C@H]2NC(N)=O)[C@H](O)[C@H]1NC(N)=O. The van der Waals surface area contributed by atoms with Crippen molar-refractivity contribution in [3.05, 3.63) is 71.8 Å². The summed E-state index contributed by atoms with van der Waals surface area (Å²) in [5, 5.41) is 84.9. The summed E-state index contributed by atoms with van der Waals surface area (Å²) in [6.45, 7) is 7.35. The van der Waals surface area contributed by atoms with Gasteiger partial charge in [-0.3, -0.25) is 20.2 Å². The Morgan fingerprint density at radius 3 is 1.36 bits per heavy atom. The van der Waals surface area contributed by atoms with E-state index in [0.29, 0.717) is 53.7 Å². The molecule has 700 valence electrons. The van der Waals surface area contributed by atoms with Crippen molar-refractivity contribution in [2.75, 3.05) is 78.8 Å². The highest BCUT2D eigenvalue weighted by Gasteiger charge is 2.57. The van der Waals surface area contributed by atoms with Crippen molar-refractivity contribution in [2.24, 2.45) is 67.3 Å². The van der Waals surface area contributed by atoms with Gasteiger partial charge in [0.1, 0.15) is 90.5 Å². The predicted molar refractivity (Wildman–Crippen MR) is 437 cm³/mol. The number of aliphatic imine (C=N–C) groups is 2. The van der Waals surface area contributed by atoms with E-state index in [1.54, 1.807) is 60.7 Å². The Labute approximate surface area is 721 Å². The minimum atomic E-state index is -1.67. The number of amides is 15. The molecule has 52 heteroatoms. The van der Waals surface area contributed by atoms with Crippen LogP contribution in [0.25, 0.3) is 12.2 Å². The smallest absolute Gasteiger partial charge is 0.409 e. The number of nitrogens with zero attached hydrogens (tertiary/aromatic N) is 3. The number of nitrogens with one attached hydrogen (secondary N) is 11. The standard InChI is InChI=1S/2C37H58N12O14/c1-17-29(28(53)25(45-33(39)40)31(60-17)61-19-8-5-18(6-9-19)7-10-22(51)44-14-4-13-43-12-3-2-11-38)63-37(57)48-30-24(46-34(41)54)27(52)21(16-58-30)62-32-26-23(20(50)15-59-32)47-36(56)49(26)35(42)55;1-17-29(28(52)26(45-33(39)40)32(59-17)60-19-8-5-18(6-9-19)7-10-22(50)44-14-4-13-43-12-3-2-11-38)63-37(56)49-30-25(47-35(42)54)27(51)21(16-57-30)61-31-24(46-34(41)53)23-20(15-58-31)62-36(55)48-23/h5-10,17,20-21,23-32,43,50,52-53H,2-4,11-16,38H2,1H3,(H2,42,55)(H,44,51)(H,47,56)(H,48,57)(H4,39,40,45)(H3,41,46,54);5-10,17,20-21,23-32,43,51-52H,2-4,11-16,38H2,1H3,(H,44,50)(H,48,55)(H,49,56)(H4,39,40,45)(H3,41,46,53)(H3,42,47,54)/b2*10-7+/t17-,20-,21-,23+,24-,25-,26-,27+,28-,29-,30+,31-,32+;17-,20-,21-,23+,24-,25-,26-,27+,28-,29-,30+,31+,32-/m11/s1. The van der Waals surface area contributed by atoms with Gasteiger partial charge >= 0.3 is 48.4 Å². The van der Waals surface area contributed by atoms with Gasteiger partial charge < -0.3 is 192 Å². The van der Waals surface area contributed by atoms with Crippen molar-refractivity contribution in [3.8, 4) is 11.5 Å². The zero-order chi connectivity index (χ0) is 91.4. The van der Waals surface area contributed by atoms with Gasteiger partial charge in [-0.2, -0.15) is 0 Å². The van der Waals surface area contributed by atoms with Crippen molar-refractivity contribution in [1.29, 1.82) is 0 Å². The number of imide groups is 1. The third-order valence-electron chi connectivity index (χ3n) is 20.7. The molecular weight excluding hydrogens is 1670 g/mol. The Morgan fingerprint density at radius 1 is 0.500 bits per heavy atom. The quantitative estimate of drug-likeness (QED) is 0.00982. The molecule has 8 heterocycles. The number of urea groups is 5. The van der Waals surface area contributed by atoms with E-state index in [9.17, 15) is 73.5 Å². The Morgan fingerprint density at radius 2 is 0.929 bits per heavy atom. The first-order valence-electron chi connectivity index (χ1n) is 40.6. The Balaban J connectivity index is 0.000000285. The van der Waals surface area contributed by atoms with Gasteiger partial charge in [-0.05, 0) is 139 Å². The van der Waals surface area contributed by atoms with Gasteiger partial charge in [0.05, 0.1) is 56.8 Å². The van der Waals surface area contributed by atoms with Crippen molar-refractivity contribution >= 4 is 84.3 Å². The van der Waals surface area contributed by atoms with Gasteiger partial charge in [-0.25, -0.2) is 53.2 Å². The number of hydrogen-bond acceptors (Lipinski definition) is 34. The Hall–Kier alpha value is -11.3. The van der Waals surface area contributed by atoms with Gasteiger partial charge in [0, 0.05) is 25.2 Å². The Bertz CT molecular complexity index is 4070. The molecule has 8 aliphatic heterocycles. The highest BCUT2D eigenvalue weighted by atomic mass is 16.7. The molecule has 8 fully saturated rings. The van der Waals surface area contributed by atoms with Crippen LogP contribution < -0.4 is 125 Å². The van der Waals surface area contributed by atoms with Crippen LogP contribution in [0.3, 0.4) is 0 Å². The van der Waals surface area contributed by atoms with E-state index in [2.05, 4.69) is 68.5 Å². The fourth-order valence-corrected chi connectivity index (χ4v) is 14.6. The largest absolute Gasteiger partial charge is 0.462 e. The second-order valence-electron chi connectivity index (χ2n) is 30.0. The number of ether oxygens (including phenoxy) is 13. The van der Waals surface area contributed by atoms with E-state index in [0.717, 1.165) is 64.7 Å². The minimum absolute atomic E-state index is 0.136. The maximum Gasteiger partial charge on any atom is 0.409 e. The molecule has 2 aromatic rings. The van der Waals surface area contributed by atoms with E-state index in [1.807, 2.05) is 0 Å². The second-order valence-corrected chi connectivity index (χ2v) is 30.0. The maximum atomic E-state index is 13.3. The van der Waals surface area contributed by atoms with Gasteiger partial charge in [-0.15, -0.1) is 0 Å². The van der Waals surface area contributed by atoms with Crippen molar-refractivity contribution in [2.45, 2.75) is 212 Å². The third kappa shape index (κ3) is 28.3. The lowest BCUT2D eigenvalue weighted by Crippen LogP contribution is -2.69. The van der Waals surface area contributed by atoms with Crippen molar-refractivity contribution < 1.29 is 135 Å². The lowest BCUT2D eigenvalue weighted by atomic mass is 9.97. The highest BCUT2D eigenvalue weighted by Crippen LogP contribution is 2.35. The molecule has 0 bridgehead atoms. The number of carbonyl (C=O) groups is 10. The van der Waals surface area contributed by atoms with Gasteiger partial charge in [0.15, 0.2) is 49.2 Å². The van der Waals surface area contributed by atoms with Crippen LogP contribution in [-0.2, 0) is 61.7 Å². The summed E-state index contributed by atoms with van der Waals surface area (Å²) in [5.41, 5.74) is 56.5. The first-order chi connectivity index (χ1) is 60.2. The van der Waals surface area contributed by atoms with Gasteiger partial charge in [-0.1, -0.05) is 24.3 Å². The summed E-state index contributed by atoms with van der Waals surface area (Å²) in [6, 6.07) is -1.74. The summed E-state index contributed by atoms with van der Waals surface area (Å²) < 4.78 is 74.7. The molecule has 52 nitrogen and oxygen atoms in total.